The second-order valence-electron chi connectivity index (χ2n) is 2.37. The van der Waals surface area contributed by atoms with E-state index in [0.29, 0.717) is 6.20 Å². The summed E-state index contributed by atoms with van der Waals surface area (Å²) in [6, 6.07) is 0.199. The minimum atomic E-state index is -4.94. The van der Waals surface area contributed by atoms with Gasteiger partial charge in [0.25, 0.3) is 0 Å². The Bertz CT molecular complexity index is 374. The number of hydrogen-bond acceptors (Lipinski definition) is 2. The maximum absolute atomic E-state index is 12.5. The first-order chi connectivity index (χ1) is 6.32. The Hall–Kier alpha value is -1.66. The van der Waals surface area contributed by atoms with E-state index in [1.54, 1.807) is 0 Å². The molecule has 0 atom stereocenters. The van der Waals surface area contributed by atoms with Crippen LogP contribution in [0.15, 0.2) is 12.3 Å². The van der Waals surface area contributed by atoms with Crippen LogP contribution in [0.5, 0.6) is 0 Å². The summed E-state index contributed by atoms with van der Waals surface area (Å²) in [6.07, 6.45) is -4.42. The van der Waals surface area contributed by atoms with Crippen molar-refractivity contribution in [1.82, 2.24) is 4.98 Å². The Morgan fingerprint density at radius 3 is 2.43 bits per heavy atom. The average Bonchev–Trinajstić information content (AvgIpc) is 2.02. The van der Waals surface area contributed by atoms with Crippen molar-refractivity contribution < 1.29 is 27.5 Å². The largest absolute Gasteiger partial charge is 0.478 e. The van der Waals surface area contributed by atoms with Crippen LogP contribution in [0.3, 0.4) is 0 Å². The van der Waals surface area contributed by atoms with Crippen LogP contribution in [0.25, 0.3) is 0 Å². The number of alkyl halides is 3. The maximum atomic E-state index is 12.5. The maximum Gasteiger partial charge on any atom is 0.420 e. The minimum absolute atomic E-state index is 0.199. The highest BCUT2D eigenvalue weighted by atomic mass is 19.4. The summed E-state index contributed by atoms with van der Waals surface area (Å²) in [5, 5.41) is 8.34. The molecule has 0 aliphatic rings. The Morgan fingerprint density at radius 1 is 1.43 bits per heavy atom. The Balaban J connectivity index is 3.29. The van der Waals surface area contributed by atoms with Crippen LogP contribution in [0.4, 0.5) is 17.6 Å². The summed E-state index contributed by atoms with van der Waals surface area (Å²) < 4.78 is 48.6. The van der Waals surface area contributed by atoms with Gasteiger partial charge in [-0.25, -0.2) is 9.78 Å². The highest BCUT2D eigenvalue weighted by molar-refractivity contribution is 5.87. The fourth-order valence-electron chi connectivity index (χ4n) is 0.764. The van der Waals surface area contributed by atoms with Crippen molar-refractivity contribution >= 4 is 5.97 Å². The lowest BCUT2D eigenvalue weighted by Gasteiger charge is -2.07. The molecule has 0 radical (unpaired) electrons. The fourth-order valence-corrected chi connectivity index (χ4v) is 0.764. The third-order valence-corrected chi connectivity index (χ3v) is 1.39. The summed E-state index contributed by atoms with van der Waals surface area (Å²) in [5.74, 6) is -3.33. The smallest absolute Gasteiger partial charge is 0.420 e. The van der Waals surface area contributed by atoms with Crippen LogP contribution in [0.2, 0.25) is 0 Å². The van der Waals surface area contributed by atoms with Crippen molar-refractivity contribution in [3.63, 3.8) is 0 Å². The summed E-state index contributed by atoms with van der Waals surface area (Å²) in [7, 11) is 0. The zero-order valence-electron chi connectivity index (χ0n) is 6.47. The summed E-state index contributed by atoms with van der Waals surface area (Å²) >= 11 is 0. The molecule has 0 saturated carbocycles. The molecule has 0 fully saturated rings. The van der Waals surface area contributed by atoms with E-state index < -0.39 is 29.2 Å². The quantitative estimate of drug-likeness (QED) is 0.567. The standard InChI is InChI=1S/C7H3F4NO2/c8-5-4(7(9,10)11)1-3(2-12-5)6(13)14/h1-2H,(H,13,14). The van der Waals surface area contributed by atoms with Gasteiger partial charge >= 0.3 is 12.1 Å². The second kappa shape index (κ2) is 3.24. The molecule has 1 heterocycles. The van der Waals surface area contributed by atoms with Crippen molar-refractivity contribution in [3.8, 4) is 0 Å². The Labute approximate surface area is 75.0 Å². The number of aromatic carboxylic acids is 1. The van der Waals surface area contributed by atoms with Crippen LogP contribution in [0.1, 0.15) is 15.9 Å². The van der Waals surface area contributed by atoms with Crippen molar-refractivity contribution in [2.24, 2.45) is 0 Å². The molecule has 76 valence electrons. The molecular formula is C7H3F4NO2. The van der Waals surface area contributed by atoms with Gasteiger partial charge in [0.2, 0.25) is 5.95 Å². The molecule has 0 amide bonds. The van der Waals surface area contributed by atoms with Gasteiger partial charge in [0.1, 0.15) is 5.56 Å². The monoisotopic (exact) mass is 209 g/mol. The van der Waals surface area contributed by atoms with Gasteiger partial charge in [0.05, 0.1) is 5.56 Å². The molecule has 1 aromatic heterocycles. The third-order valence-electron chi connectivity index (χ3n) is 1.39. The number of hydrogen-bond donors (Lipinski definition) is 1. The van der Waals surface area contributed by atoms with E-state index in [1.165, 1.54) is 0 Å². The number of pyridine rings is 1. The van der Waals surface area contributed by atoms with Crippen LogP contribution in [-0.2, 0) is 6.18 Å². The van der Waals surface area contributed by atoms with E-state index in [1.807, 2.05) is 0 Å². The molecule has 7 heteroatoms. The van der Waals surface area contributed by atoms with E-state index >= 15 is 0 Å². The van der Waals surface area contributed by atoms with Gasteiger partial charge in [-0.05, 0) is 6.07 Å². The van der Waals surface area contributed by atoms with E-state index in [0.717, 1.165) is 0 Å². The molecule has 1 rings (SSSR count). The predicted octanol–water partition coefficient (Wildman–Crippen LogP) is 1.94. The fraction of sp³-hybridized carbons (Fsp3) is 0.143. The number of aromatic nitrogens is 1. The molecular weight excluding hydrogens is 206 g/mol. The lowest BCUT2D eigenvalue weighted by molar-refractivity contribution is -0.140. The van der Waals surface area contributed by atoms with Crippen LogP contribution in [-0.4, -0.2) is 16.1 Å². The SMILES string of the molecule is O=C(O)c1cnc(F)c(C(F)(F)F)c1. The van der Waals surface area contributed by atoms with Gasteiger partial charge in [0, 0.05) is 6.20 Å². The van der Waals surface area contributed by atoms with E-state index in [-0.39, 0.29) is 6.07 Å². The topological polar surface area (TPSA) is 50.2 Å². The summed E-state index contributed by atoms with van der Waals surface area (Å²) in [4.78, 5) is 13.0. The number of carbonyl (C=O) groups is 1. The molecule has 0 unspecified atom stereocenters. The van der Waals surface area contributed by atoms with Crippen molar-refractivity contribution in [1.29, 1.82) is 0 Å². The van der Waals surface area contributed by atoms with Crippen molar-refractivity contribution in [3.05, 3.63) is 29.3 Å². The van der Waals surface area contributed by atoms with Gasteiger partial charge in [-0.2, -0.15) is 17.6 Å². The van der Waals surface area contributed by atoms with Crippen molar-refractivity contribution in [2.45, 2.75) is 6.18 Å². The first-order valence-electron chi connectivity index (χ1n) is 3.28. The van der Waals surface area contributed by atoms with Crippen LogP contribution in [0, 0.1) is 5.95 Å². The van der Waals surface area contributed by atoms with E-state index in [2.05, 4.69) is 4.98 Å². The predicted molar refractivity (Wildman–Crippen MR) is 36.2 cm³/mol. The molecule has 3 nitrogen and oxygen atoms in total. The molecule has 0 aliphatic carbocycles. The van der Waals surface area contributed by atoms with Gasteiger partial charge in [-0.1, -0.05) is 0 Å². The van der Waals surface area contributed by atoms with Crippen LogP contribution >= 0.6 is 0 Å². The first kappa shape index (κ1) is 10.4. The Morgan fingerprint density at radius 2 is 2.00 bits per heavy atom. The molecule has 14 heavy (non-hydrogen) atoms. The Kier molecular flexibility index (Phi) is 2.41. The molecule has 0 saturated heterocycles. The van der Waals surface area contributed by atoms with E-state index in [9.17, 15) is 22.4 Å². The van der Waals surface area contributed by atoms with Gasteiger partial charge in [-0.3, -0.25) is 0 Å². The summed E-state index contributed by atoms with van der Waals surface area (Å²) in [5.41, 5.74) is -2.39. The summed E-state index contributed by atoms with van der Waals surface area (Å²) in [6.45, 7) is 0. The number of halogens is 4. The van der Waals surface area contributed by atoms with Crippen LogP contribution < -0.4 is 0 Å². The van der Waals surface area contributed by atoms with Gasteiger partial charge < -0.3 is 5.11 Å². The minimum Gasteiger partial charge on any atom is -0.478 e. The lowest BCUT2D eigenvalue weighted by Crippen LogP contribution is -2.11. The number of nitrogens with zero attached hydrogens (tertiary/aromatic N) is 1. The second-order valence-corrected chi connectivity index (χ2v) is 2.37. The molecule has 1 aromatic rings. The average molecular weight is 209 g/mol. The number of carboxylic acid groups (broad SMARTS) is 1. The molecule has 1 N–H and O–H groups in total. The first-order valence-corrected chi connectivity index (χ1v) is 3.28. The molecule has 0 spiro atoms. The highest BCUT2D eigenvalue weighted by Gasteiger charge is 2.35. The number of carboxylic acids is 1. The van der Waals surface area contributed by atoms with Gasteiger partial charge in [-0.15, -0.1) is 0 Å². The van der Waals surface area contributed by atoms with E-state index in [4.69, 9.17) is 5.11 Å². The molecule has 0 aliphatic heterocycles. The zero-order chi connectivity index (χ0) is 10.9. The molecule has 0 aromatic carbocycles. The zero-order valence-corrected chi connectivity index (χ0v) is 6.47. The lowest BCUT2D eigenvalue weighted by atomic mass is 10.2. The normalized spacial score (nSPS) is 11.4. The highest BCUT2D eigenvalue weighted by Crippen LogP contribution is 2.30. The van der Waals surface area contributed by atoms with Crippen molar-refractivity contribution in [2.75, 3.05) is 0 Å². The number of rotatable bonds is 1. The molecule has 0 bridgehead atoms. The third kappa shape index (κ3) is 1.98. The van der Waals surface area contributed by atoms with Gasteiger partial charge in [0.15, 0.2) is 0 Å².